The molecule has 0 fully saturated rings. The molecule has 27 heavy (non-hydrogen) atoms. The smallest absolute Gasteiger partial charge is 0.240 e. The minimum absolute atomic E-state index is 0.241. The highest BCUT2D eigenvalue weighted by Gasteiger charge is 2.22. The fraction of sp³-hybridized carbons (Fsp3) is 0.350. The zero-order valence-corrected chi connectivity index (χ0v) is 17.4. The summed E-state index contributed by atoms with van der Waals surface area (Å²) >= 11 is 6.12. The van der Waals surface area contributed by atoms with Gasteiger partial charge in [0.15, 0.2) is 0 Å². The molecular weight excluding hydrogens is 384 g/mol. The Balaban J connectivity index is 1.95. The summed E-state index contributed by atoms with van der Waals surface area (Å²) in [7, 11) is -3.57. The quantitative estimate of drug-likeness (QED) is 0.680. The van der Waals surface area contributed by atoms with Crippen molar-refractivity contribution in [1.82, 2.24) is 5.32 Å². The van der Waals surface area contributed by atoms with Crippen LogP contribution in [-0.2, 0) is 21.2 Å². The lowest BCUT2D eigenvalue weighted by atomic mass is 10.1. The van der Waals surface area contributed by atoms with E-state index in [0.717, 1.165) is 40.1 Å². The summed E-state index contributed by atoms with van der Waals surface area (Å²) in [5.74, 6) is -0.334. The Morgan fingerprint density at radius 2 is 1.85 bits per heavy atom. The van der Waals surface area contributed by atoms with Gasteiger partial charge in [0.25, 0.3) is 0 Å². The third-order valence-corrected chi connectivity index (χ3v) is 5.71. The third kappa shape index (κ3) is 6.26. The zero-order chi connectivity index (χ0) is 20.0. The van der Waals surface area contributed by atoms with Crippen molar-refractivity contribution in [3.05, 3.63) is 64.2 Å². The van der Waals surface area contributed by atoms with Gasteiger partial charge in [-0.25, -0.2) is 8.42 Å². The lowest BCUT2D eigenvalue weighted by Crippen LogP contribution is -2.41. The average Bonchev–Trinajstić information content (AvgIpc) is 2.58. The number of hydrogen-bond acceptors (Lipinski definition) is 3. The fourth-order valence-corrected chi connectivity index (χ4v) is 4.00. The van der Waals surface area contributed by atoms with E-state index in [0.29, 0.717) is 17.3 Å². The zero-order valence-electron chi connectivity index (χ0n) is 15.8. The molecule has 0 aliphatic heterocycles. The van der Waals surface area contributed by atoms with Crippen LogP contribution in [0.25, 0.3) is 0 Å². The van der Waals surface area contributed by atoms with Crippen LogP contribution in [0.4, 0.5) is 5.69 Å². The van der Waals surface area contributed by atoms with Gasteiger partial charge in [-0.1, -0.05) is 47.5 Å². The number of carbonyl (C=O) groups excluding carboxylic acids is 1. The first-order chi connectivity index (χ1) is 12.7. The normalized spacial score (nSPS) is 11.3. The lowest BCUT2D eigenvalue weighted by molar-refractivity contribution is -0.119. The summed E-state index contributed by atoms with van der Waals surface area (Å²) < 4.78 is 25.5. The summed E-state index contributed by atoms with van der Waals surface area (Å²) in [6, 6.07) is 13.1. The molecule has 0 aliphatic carbocycles. The van der Waals surface area contributed by atoms with Crippen molar-refractivity contribution in [2.75, 3.05) is 23.7 Å². The molecular formula is C20H25ClN2O3S. The van der Waals surface area contributed by atoms with E-state index in [1.807, 2.05) is 50.2 Å². The first-order valence-corrected chi connectivity index (χ1v) is 11.0. The van der Waals surface area contributed by atoms with E-state index in [2.05, 4.69) is 5.32 Å². The second-order valence-corrected chi connectivity index (χ2v) is 8.92. The van der Waals surface area contributed by atoms with Crippen LogP contribution < -0.4 is 9.62 Å². The maximum Gasteiger partial charge on any atom is 0.240 e. The Kier molecular flexibility index (Phi) is 7.27. The number of carbonyl (C=O) groups is 1. The number of hydrogen-bond donors (Lipinski definition) is 1. The number of nitrogens with zero attached hydrogens (tertiary/aromatic N) is 1. The number of nitrogens with one attached hydrogen (secondary N) is 1. The van der Waals surface area contributed by atoms with Crippen LogP contribution in [0.15, 0.2) is 42.5 Å². The number of rotatable bonds is 8. The first kappa shape index (κ1) is 21.3. The van der Waals surface area contributed by atoms with Gasteiger partial charge >= 0.3 is 0 Å². The van der Waals surface area contributed by atoms with Crippen molar-refractivity contribution in [3.63, 3.8) is 0 Å². The van der Waals surface area contributed by atoms with E-state index in [4.69, 9.17) is 11.6 Å². The molecule has 0 bridgehead atoms. The maximum atomic E-state index is 12.3. The molecule has 0 radical (unpaired) electrons. The van der Waals surface area contributed by atoms with Crippen molar-refractivity contribution in [3.8, 4) is 0 Å². The van der Waals surface area contributed by atoms with Gasteiger partial charge in [0.05, 0.1) is 11.9 Å². The van der Waals surface area contributed by atoms with Crippen molar-refractivity contribution < 1.29 is 13.2 Å². The van der Waals surface area contributed by atoms with Gasteiger partial charge in [0.1, 0.15) is 6.54 Å². The Morgan fingerprint density at radius 3 is 2.48 bits per heavy atom. The van der Waals surface area contributed by atoms with E-state index < -0.39 is 10.0 Å². The molecule has 2 aromatic carbocycles. The number of aryl methyl sites for hydroxylation is 3. The first-order valence-electron chi connectivity index (χ1n) is 8.73. The Bertz CT molecular complexity index is 913. The molecule has 0 aliphatic rings. The maximum absolute atomic E-state index is 12.3. The van der Waals surface area contributed by atoms with Gasteiger partial charge in [0, 0.05) is 11.6 Å². The van der Waals surface area contributed by atoms with Gasteiger partial charge < -0.3 is 5.32 Å². The predicted molar refractivity (Wildman–Crippen MR) is 111 cm³/mol. The van der Waals surface area contributed by atoms with E-state index in [1.165, 1.54) is 0 Å². The monoisotopic (exact) mass is 408 g/mol. The van der Waals surface area contributed by atoms with E-state index in [1.54, 1.807) is 6.07 Å². The third-order valence-electron chi connectivity index (χ3n) is 4.21. The predicted octanol–water partition coefficient (Wildman–Crippen LogP) is 3.47. The SMILES string of the molecule is Cc1ccc(N(CC(=O)NCCCc2ccccc2Cl)S(C)(=O)=O)c(C)c1. The lowest BCUT2D eigenvalue weighted by Gasteiger charge is -2.24. The number of amides is 1. The van der Waals surface area contributed by atoms with Crippen molar-refractivity contribution in [1.29, 1.82) is 0 Å². The van der Waals surface area contributed by atoms with Gasteiger partial charge in [-0.15, -0.1) is 0 Å². The van der Waals surface area contributed by atoms with Gasteiger partial charge in [-0.05, 0) is 49.9 Å². The summed E-state index contributed by atoms with van der Waals surface area (Å²) in [6.45, 7) is 3.98. The van der Waals surface area contributed by atoms with Crippen LogP contribution >= 0.6 is 11.6 Å². The van der Waals surface area contributed by atoms with Crippen molar-refractivity contribution in [2.45, 2.75) is 26.7 Å². The molecule has 1 N–H and O–H groups in total. The van der Waals surface area contributed by atoms with E-state index in [-0.39, 0.29) is 12.5 Å². The fourth-order valence-electron chi connectivity index (χ4n) is 2.86. The van der Waals surface area contributed by atoms with Crippen LogP contribution in [0.3, 0.4) is 0 Å². The van der Waals surface area contributed by atoms with Crippen LogP contribution in [-0.4, -0.2) is 33.7 Å². The molecule has 2 rings (SSSR count). The van der Waals surface area contributed by atoms with E-state index >= 15 is 0 Å². The molecule has 5 nitrogen and oxygen atoms in total. The minimum Gasteiger partial charge on any atom is -0.355 e. The molecule has 146 valence electrons. The van der Waals surface area contributed by atoms with E-state index in [9.17, 15) is 13.2 Å². The van der Waals surface area contributed by atoms with Crippen LogP contribution in [0.5, 0.6) is 0 Å². The Hall–Kier alpha value is -2.05. The van der Waals surface area contributed by atoms with Gasteiger partial charge in [-0.2, -0.15) is 0 Å². The minimum atomic E-state index is -3.57. The summed E-state index contributed by atoms with van der Waals surface area (Å²) in [4.78, 5) is 12.3. The second-order valence-electron chi connectivity index (χ2n) is 6.60. The van der Waals surface area contributed by atoms with Crippen molar-refractivity contribution in [2.24, 2.45) is 0 Å². The average molecular weight is 409 g/mol. The number of benzene rings is 2. The highest BCUT2D eigenvalue weighted by Crippen LogP contribution is 2.23. The number of halogens is 1. The van der Waals surface area contributed by atoms with Crippen LogP contribution in [0.1, 0.15) is 23.1 Å². The standard InChI is InChI=1S/C20H25ClN2O3S/c1-15-10-11-19(16(2)13-15)23(27(3,25)26)14-20(24)22-12-6-8-17-7-4-5-9-18(17)21/h4-5,7,9-11,13H,6,8,12,14H2,1-3H3,(H,22,24). The number of sulfonamides is 1. The van der Waals surface area contributed by atoms with Gasteiger partial charge in [-0.3, -0.25) is 9.10 Å². The highest BCUT2D eigenvalue weighted by molar-refractivity contribution is 7.92. The molecule has 0 saturated heterocycles. The molecule has 1 amide bonds. The molecule has 0 aromatic heterocycles. The summed E-state index contributed by atoms with van der Waals surface area (Å²) in [6.07, 6.45) is 2.57. The molecule has 0 saturated carbocycles. The molecule has 0 spiro atoms. The molecule has 0 unspecified atom stereocenters. The van der Waals surface area contributed by atoms with Crippen LogP contribution in [0, 0.1) is 13.8 Å². The Morgan fingerprint density at radius 1 is 1.15 bits per heavy atom. The van der Waals surface area contributed by atoms with Crippen molar-refractivity contribution >= 4 is 33.2 Å². The Labute approximate surface area is 166 Å². The second kappa shape index (κ2) is 9.24. The van der Waals surface area contributed by atoms with Gasteiger partial charge in [0.2, 0.25) is 15.9 Å². The molecule has 7 heteroatoms. The molecule has 2 aromatic rings. The topological polar surface area (TPSA) is 66.5 Å². The largest absolute Gasteiger partial charge is 0.355 e. The molecule has 0 atom stereocenters. The van der Waals surface area contributed by atoms with Crippen LogP contribution in [0.2, 0.25) is 5.02 Å². The summed E-state index contributed by atoms with van der Waals surface area (Å²) in [5.41, 5.74) is 3.40. The highest BCUT2D eigenvalue weighted by atomic mass is 35.5. The summed E-state index contributed by atoms with van der Waals surface area (Å²) in [5, 5.41) is 3.50. The number of anilines is 1. The molecule has 0 heterocycles.